The highest BCUT2D eigenvalue weighted by Crippen LogP contribution is 2.24. The maximum absolute atomic E-state index is 5.57. The Bertz CT molecular complexity index is 195. The van der Waals surface area contributed by atoms with E-state index in [1.54, 1.807) is 14.2 Å². The Hall–Kier alpha value is -0.383. The van der Waals surface area contributed by atoms with Gasteiger partial charge in [0.15, 0.2) is 0 Å². The minimum atomic E-state index is -2.23. The second-order valence-corrected chi connectivity index (χ2v) is 6.60. The minimum absolute atomic E-state index is 1.20. The molecule has 13 heavy (non-hydrogen) atoms. The molecular weight excluding hydrogens is 180 g/mol. The van der Waals surface area contributed by atoms with Crippen molar-refractivity contribution in [2.24, 2.45) is 0 Å². The highest BCUT2D eigenvalue weighted by atomic mass is 28.4. The molecular formula is C10H20O2Si. The largest absolute Gasteiger partial charge is 0.397 e. The van der Waals surface area contributed by atoms with Crippen LogP contribution in [0.1, 0.15) is 27.7 Å². The zero-order chi connectivity index (χ0) is 10.5. The van der Waals surface area contributed by atoms with Gasteiger partial charge in [0, 0.05) is 14.2 Å². The second kappa shape index (κ2) is 5.37. The van der Waals surface area contributed by atoms with Crippen molar-refractivity contribution in [3.05, 3.63) is 22.5 Å². The lowest BCUT2D eigenvalue weighted by molar-refractivity contribution is 0.262. The molecule has 2 nitrogen and oxygen atoms in total. The Morgan fingerprint density at radius 3 is 1.38 bits per heavy atom. The van der Waals surface area contributed by atoms with Gasteiger partial charge in [-0.3, -0.25) is 0 Å². The molecule has 0 saturated carbocycles. The third kappa shape index (κ3) is 2.30. The quantitative estimate of drug-likeness (QED) is 0.650. The third-order valence-corrected chi connectivity index (χ3v) is 6.28. The molecule has 0 bridgehead atoms. The summed E-state index contributed by atoms with van der Waals surface area (Å²) in [6, 6.07) is 0. The monoisotopic (exact) mass is 200 g/mol. The lowest BCUT2D eigenvalue weighted by Gasteiger charge is -2.28. The Morgan fingerprint density at radius 2 is 1.23 bits per heavy atom. The first-order valence-electron chi connectivity index (χ1n) is 4.46. The molecule has 0 aromatic rings. The van der Waals surface area contributed by atoms with Crippen LogP contribution in [0, 0.1) is 0 Å². The molecule has 3 heteroatoms. The van der Waals surface area contributed by atoms with Gasteiger partial charge in [0.25, 0.3) is 0 Å². The van der Waals surface area contributed by atoms with Crippen molar-refractivity contribution in [3.63, 3.8) is 0 Å². The van der Waals surface area contributed by atoms with E-state index in [2.05, 4.69) is 26.0 Å². The van der Waals surface area contributed by atoms with Gasteiger partial charge in [-0.2, -0.15) is 0 Å². The van der Waals surface area contributed by atoms with Crippen LogP contribution in [0.2, 0.25) is 0 Å². The summed E-state index contributed by atoms with van der Waals surface area (Å²) >= 11 is 0. The average Bonchev–Trinajstić information content (AvgIpc) is 2.19. The van der Waals surface area contributed by atoms with Gasteiger partial charge in [0.2, 0.25) is 0 Å². The van der Waals surface area contributed by atoms with Gasteiger partial charge in [0.05, 0.1) is 0 Å². The van der Waals surface area contributed by atoms with Crippen LogP contribution in [-0.2, 0) is 8.85 Å². The van der Waals surface area contributed by atoms with Crippen molar-refractivity contribution in [2.45, 2.75) is 27.7 Å². The van der Waals surface area contributed by atoms with E-state index in [0.29, 0.717) is 0 Å². The molecule has 0 N–H and O–H groups in total. The molecule has 0 radical (unpaired) electrons. The maximum atomic E-state index is 5.57. The van der Waals surface area contributed by atoms with Crippen LogP contribution in [0.15, 0.2) is 22.5 Å². The summed E-state index contributed by atoms with van der Waals surface area (Å²) in [6.45, 7) is 8.15. The number of rotatable bonds is 4. The highest BCUT2D eigenvalue weighted by molar-refractivity contribution is 6.81. The molecule has 0 heterocycles. The van der Waals surface area contributed by atoms with Crippen molar-refractivity contribution < 1.29 is 8.85 Å². The summed E-state index contributed by atoms with van der Waals surface area (Å²) < 4.78 is 11.1. The first kappa shape index (κ1) is 12.6. The minimum Gasteiger partial charge on any atom is -0.391 e. The van der Waals surface area contributed by atoms with Gasteiger partial charge >= 0.3 is 8.56 Å². The van der Waals surface area contributed by atoms with Crippen LogP contribution < -0.4 is 0 Å². The van der Waals surface area contributed by atoms with Crippen molar-refractivity contribution in [2.75, 3.05) is 14.2 Å². The van der Waals surface area contributed by atoms with E-state index >= 15 is 0 Å². The topological polar surface area (TPSA) is 18.5 Å². The predicted molar refractivity (Wildman–Crippen MR) is 58.6 cm³/mol. The van der Waals surface area contributed by atoms with Crippen LogP contribution in [0.3, 0.4) is 0 Å². The summed E-state index contributed by atoms with van der Waals surface area (Å²) in [4.78, 5) is 0. The Kier molecular flexibility index (Phi) is 5.21. The fourth-order valence-electron chi connectivity index (χ4n) is 1.42. The Balaban J connectivity index is 5.15. The van der Waals surface area contributed by atoms with Crippen LogP contribution in [0.25, 0.3) is 0 Å². The molecule has 0 aliphatic heterocycles. The summed E-state index contributed by atoms with van der Waals surface area (Å²) in [7, 11) is 1.21. The van der Waals surface area contributed by atoms with E-state index in [9.17, 15) is 0 Å². The van der Waals surface area contributed by atoms with Crippen molar-refractivity contribution in [1.82, 2.24) is 0 Å². The normalized spacial score (nSPS) is 14.9. The van der Waals surface area contributed by atoms with E-state index in [1.165, 1.54) is 10.4 Å². The van der Waals surface area contributed by atoms with Crippen LogP contribution in [0.4, 0.5) is 0 Å². The van der Waals surface area contributed by atoms with E-state index in [1.807, 2.05) is 13.8 Å². The van der Waals surface area contributed by atoms with Gasteiger partial charge < -0.3 is 8.85 Å². The summed E-state index contributed by atoms with van der Waals surface area (Å²) in [5.74, 6) is 0. The van der Waals surface area contributed by atoms with E-state index in [0.717, 1.165) is 0 Å². The zero-order valence-electron chi connectivity index (χ0n) is 9.47. The molecule has 0 fully saturated rings. The highest BCUT2D eigenvalue weighted by Gasteiger charge is 2.39. The van der Waals surface area contributed by atoms with E-state index in [-0.39, 0.29) is 0 Å². The molecule has 0 aliphatic carbocycles. The van der Waals surface area contributed by atoms with Crippen molar-refractivity contribution >= 4 is 8.56 Å². The SMILES string of the molecule is CC=C(C)[Si](OC)(OC)C(C)=CC. The van der Waals surface area contributed by atoms with Crippen LogP contribution in [0.5, 0.6) is 0 Å². The fraction of sp³-hybridized carbons (Fsp3) is 0.600. The van der Waals surface area contributed by atoms with Gasteiger partial charge in [-0.1, -0.05) is 12.2 Å². The third-order valence-electron chi connectivity index (χ3n) is 2.48. The van der Waals surface area contributed by atoms with Gasteiger partial charge in [-0.25, -0.2) is 0 Å². The Morgan fingerprint density at radius 1 is 0.923 bits per heavy atom. The summed E-state index contributed by atoms with van der Waals surface area (Å²) in [6.07, 6.45) is 4.12. The number of hydrogen-bond donors (Lipinski definition) is 0. The molecule has 0 aliphatic rings. The molecule has 0 amide bonds. The number of hydrogen-bond acceptors (Lipinski definition) is 2. The molecule has 0 spiro atoms. The molecule has 0 aromatic heterocycles. The molecule has 0 aromatic carbocycles. The fourth-order valence-corrected chi connectivity index (χ4v) is 4.25. The second-order valence-electron chi connectivity index (χ2n) is 2.97. The maximum Gasteiger partial charge on any atom is 0.397 e. The zero-order valence-corrected chi connectivity index (χ0v) is 10.5. The molecule has 0 atom stereocenters. The summed E-state index contributed by atoms with van der Waals surface area (Å²) in [5, 5.41) is 2.40. The predicted octanol–water partition coefficient (Wildman–Crippen LogP) is 2.73. The molecule has 0 rings (SSSR count). The Labute approximate surface area is 82.5 Å². The van der Waals surface area contributed by atoms with Crippen LogP contribution >= 0.6 is 0 Å². The lowest BCUT2D eigenvalue weighted by atomic mass is 10.6. The van der Waals surface area contributed by atoms with Gasteiger partial charge in [-0.05, 0) is 38.1 Å². The summed E-state index contributed by atoms with van der Waals surface area (Å²) in [5.41, 5.74) is 0. The number of allylic oxidation sites excluding steroid dienone is 4. The molecule has 76 valence electrons. The molecule has 0 unspecified atom stereocenters. The molecule has 0 saturated heterocycles. The first-order valence-corrected chi connectivity index (χ1v) is 6.27. The van der Waals surface area contributed by atoms with Crippen LogP contribution in [-0.4, -0.2) is 22.8 Å². The van der Waals surface area contributed by atoms with Crippen molar-refractivity contribution in [1.29, 1.82) is 0 Å². The lowest BCUT2D eigenvalue weighted by Crippen LogP contribution is -2.43. The van der Waals surface area contributed by atoms with Crippen molar-refractivity contribution in [3.8, 4) is 0 Å². The van der Waals surface area contributed by atoms with Gasteiger partial charge in [0.1, 0.15) is 0 Å². The van der Waals surface area contributed by atoms with E-state index in [4.69, 9.17) is 8.85 Å². The average molecular weight is 200 g/mol. The first-order chi connectivity index (χ1) is 6.08. The standard InChI is InChI=1S/C10H20O2Si/c1-7-9(3)13(11-5,12-6)10(4)8-2/h7-8H,1-6H3. The van der Waals surface area contributed by atoms with E-state index < -0.39 is 8.56 Å². The van der Waals surface area contributed by atoms with Gasteiger partial charge in [-0.15, -0.1) is 0 Å². The smallest absolute Gasteiger partial charge is 0.391 e.